The predicted molar refractivity (Wildman–Crippen MR) is 88.7 cm³/mol. The molecule has 1 aromatic carbocycles. The van der Waals surface area contributed by atoms with Gasteiger partial charge in [0.15, 0.2) is 0 Å². The van der Waals surface area contributed by atoms with Gasteiger partial charge in [-0.2, -0.15) is 13.2 Å². The Hall–Kier alpha value is -1.64. The number of rotatable bonds is 4. The number of ether oxygens (including phenoxy) is 1. The average Bonchev–Trinajstić information content (AvgIpc) is 3.04. The normalized spacial score (nSPS) is 24.8. The Morgan fingerprint density at radius 1 is 1.19 bits per heavy atom. The SMILES string of the molecule is O=C(c1cccc(C(F)(F)F)c1)N1C[C@@H](CO)[C@@H](CN2CCOCC2)C1. The van der Waals surface area contributed by atoms with Gasteiger partial charge in [0.1, 0.15) is 0 Å². The molecule has 144 valence electrons. The van der Waals surface area contributed by atoms with Crippen LogP contribution in [0.3, 0.4) is 0 Å². The lowest BCUT2D eigenvalue weighted by atomic mass is 9.96. The van der Waals surface area contributed by atoms with Crippen molar-refractivity contribution >= 4 is 5.91 Å². The van der Waals surface area contributed by atoms with Gasteiger partial charge in [-0.1, -0.05) is 6.07 Å². The van der Waals surface area contributed by atoms with Gasteiger partial charge in [0, 0.05) is 50.8 Å². The number of benzene rings is 1. The quantitative estimate of drug-likeness (QED) is 0.875. The van der Waals surface area contributed by atoms with Crippen LogP contribution in [0.2, 0.25) is 0 Å². The molecule has 2 saturated heterocycles. The van der Waals surface area contributed by atoms with Crippen LogP contribution in [0.25, 0.3) is 0 Å². The summed E-state index contributed by atoms with van der Waals surface area (Å²) in [7, 11) is 0. The number of alkyl halides is 3. The van der Waals surface area contributed by atoms with Gasteiger partial charge in [-0.15, -0.1) is 0 Å². The first-order chi connectivity index (χ1) is 12.4. The minimum atomic E-state index is -4.48. The molecular weight excluding hydrogens is 349 g/mol. The first-order valence-corrected chi connectivity index (χ1v) is 8.76. The Labute approximate surface area is 150 Å². The number of hydrogen-bond acceptors (Lipinski definition) is 4. The third-order valence-electron chi connectivity index (χ3n) is 5.13. The average molecular weight is 372 g/mol. The highest BCUT2D eigenvalue weighted by molar-refractivity contribution is 5.94. The minimum absolute atomic E-state index is 0.0311. The van der Waals surface area contributed by atoms with Crippen molar-refractivity contribution in [2.24, 2.45) is 11.8 Å². The van der Waals surface area contributed by atoms with E-state index in [0.717, 1.165) is 31.8 Å². The van der Waals surface area contributed by atoms with Gasteiger partial charge in [0.2, 0.25) is 0 Å². The fourth-order valence-electron chi connectivity index (χ4n) is 3.64. The van der Waals surface area contributed by atoms with Gasteiger partial charge in [0.25, 0.3) is 5.91 Å². The molecule has 0 unspecified atom stereocenters. The van der Waals surface area contributed by atoms with Crippen LogP contribution in [-0.2, 0) is 10.9 Å². The Bertz CT molecular complexity index is 632. The van der Waals surface area contributed by atoms with E-state index in [2.05, 4.69) is 4.90 Å². The Kier molecular flexibility index (Phi) is 5.84. The van der Waals surface area contributed by atoms with Crippen molar-refractivity contribution < 1.29 is 27.8 Å². The first-order valence-electron chi connectivity index (χ1n) is 8.76. The zero-order valence-corrected chi connectivity index (χ0v) is 14.4. The molecule has 5 nitrogen and oxygen atoms in total. The number of halogens is 3. The first kappa shape index (κ1) is 19.1. The van der Waals surface area contributed by atoms with E-state index < -0.39 is 17.6 Å². The lowest BCUT2D eigenvalue weighted by Crippen LogP contribution is -2.41. The molecule has 0 spiro atoms. The van der Waals surface area contributed by atoms with E-state index in [9.17, 15) is 23.1 Å². The lowest BCUT2D eigenvalue weighted by Gasteiger charge is -2.30. The summed E-state index contributed by atoms with van der Waals surface area (Å²) in [5.41, 5.74) is -0.797. The predicted octanol–water partition coefficient (Wildman–Crippen LogP) is 1.72. The summed E-state index contributed by atoms with van der Waals surface area (Å²) >= 11 is 0. The minimum Gasteiger partial charge on any atom is -0.396 e. The second kappa shape index (κ2) is 7.94. The monoisotopic (exact) mass is 372 g/mol. The Morgan fingerprint density at radius 3 is 2.54 bits per heavy atom. The molecule has 2 heterocycles. The van der Waals surface area contributed by atoms with Gasteiger partial charge >= 0.3 is 6.18 Å². The summed E-state index contributed by atoms with van der Waals surface area (Å²) in [6.07, 6.45) is -4.48. The van der Waals surface area contributed by atoms with Gasteiger partial charge in [-0.05, 0) is 24.1 Å². The summed E-state index contributed by atoms with van der Waals surface area (Å²) in [6.45, 7) is 4.49. The second-order valence-corrected chi connectivity index (χ2v) is 6.90. The van der Waals surface area contributed by atoms with Crippen LogP contribution in [0.4, 0.5) is 13.2 Å². The van der Waals surface area contributed by atoms with Gasteiger partial charge < -0.3 is 14.7 Å². The molecule has 1 N–H and O–H groups in total. The Balaban J connectivity index is 1.68. The molecule has 1 amide bonds. The topological polar surface area (TPSA) is 53.0 Å². The van der Waals surface area contributed by atoms with Crippen molar-refractivity contribution in [3.05, 3.63) is 35.4 Å². The van der Waals surface area contributed by atoms with E-state index in [1.807, 2.05) is 0 Å². The van der Waals surface area contributed by atoms with Crippen molar-refractivity contribution in [1.82, 2.24) is 9.80 Å². The summed E-state index contributed by atoms with van der Waals surface area (Å²) in [6, 6.07) is 4.51. The molecule has 3 rings (SSSR count). The maximum Gasteiger partial charge on any atom is 0.416 e. The van der Waals surface area contributed by atoms with Crippen LogP contribution in [0.5, 0.6) is 0 Å². The Morgan fingerprint density at radius 2 is 1.88 bits per heavy atom. The van der Waals surface area contributed by atoms with Crippen LogP contribution in [0, 0.1) is 11.8 Å². The van der Waals surface area contributed by atoms with Gasteiger partial charge in [-0.3, -0.25) is 9.69 Å². The number of carbonyl (C=O) groups is 1. The molecule has 0 bridgehead atoms. The lowest BCUT2D eigenvalue weighted by molar-refractivity contribution is -0.137. The summed E-state index contributed by atoms with van der Waals surface area (Å²) < 4.78 is 43.9. The van der Waals surface area contributed by atoms with E-state index in [0.29, 0.717) is 26.3 Å². The van der Waals surface area contributed by atoms with E-state index in [-0.39, 0.29) is 24.0 Å². The van der Waals surface area contributed by atoms with Crippen LogP contribution in [-0.4, -0.2) is 73.4 Å². The van der Waals surface area contributed by atoms with Crippen LogP contribution in [0.1, 0.15) is 15.9 Å². The van der Waals surface area contributed by atoms with Crippen LogP contribution >= 0.6 is 0 Å². The number of aliphatic hydroxyl groups is 1. The van der Waals surface area contributed by atoms with Crippen LogP contribution < -0.4 is 0 Å². The fraction of sp³-hybridized carbons (Fsp3) is 0.611. The zero-order valence-electron chi connectivity index (χ0n) is 14.4. The van der Waals surface area contributed by atoms with Crippen molar-refractivity contribution in [3.8, 4) is 0 Å². The highest BCUT2D eigenvalue weighted by Crippen LogP contribution is 2.31. The van der Waals surface area contributed by atoms with Crippen molar-refractivity contribution in [1.29, 1.82) is 0 Å². The van der Waals surface area contributed by atoms with Gasteiger partial charge in [0.05, 0.1) is 18.8 Å². The summed E-state index contributed by atoms with van der Waals surface area (Å²) in [4.78, 5) is 16.5. The molecule has 0 radical (unpaired) electrons. The summed E-state index contributed by atoms with van der Waals surface area (Å²) in [5, 5.41) is 9.66. The smallest absolute Gasteiger partial charge is 0.396 e. The molecular formula is C18H23F3N2O3. The molecule has 1 aromatic rings. The number of carbonyl (C=O) groups excluding carboxylic acids is 1. The number of aliphatic hydroxyl groups excluding tert-OH is 1. The molecule has 8 heteroatoms. The molecule has 2 atom stereocenters. The molecule has 0 aromatic heterocycles. The van der Waals surface area contributed by atoms with Crippen molar-refractivity contribution in [2.75, 3.05) is 52.5 Å². The number of nitrogens with zero attached hydrogens (tertiary/aromatic N) is 2. The van der Waals surface area contributed by atoms with E-state index in [1.165, 1.54) is 12.1 Å². The summed E-state index contributed by atoms with van der Waals surface area (Å²) in [5.74, 6) is -0.375. The zero-order chi connectivity index (χ0) is 18.7. The van der Waals surface area contributed by atoms with Crippen molar-refractivity contribution in [3.63, 3.8) is 0 Å². The number of hydrogen-bond donors (Lipinski definition) is 1. The molecule has 2 aliphatic rings. The van der Waals surface area contributed by atoms with E-state index >= 15 is 0 Å². The number of amides is 1. The molecule has 26 heavy (non-hydrogen) atoms. The number of likely N-dealkylation sites (tertiary alicyclic amines) is 1. The molecule has 2 fully saturated rings. The van der Waals surface area contributed by atoms with E-state index in [1.54, 1.807) is 4.90 Å². The van der Waals surface area contributed by atoms with Crippen LogP contribution in [0.15, 0.2) is 24.3 Å². The highest BCUT2D eigenvalue weighted by Gasteiger charge is 2.37. The maximum atomic E-state index is 12.9. The third kappa shape index (κ3) is 4.36. The highest BCUT2D eigenvalue weighted by atomic mass is 19.4. The fourth-order valence-corrected chi connectivity index (χ4v) is 3.64. The molecule has 0 saturated carbocycles. The number of morpholine rings is 1. The second-order valence-electron chi connectivity index (χ2n) is 6.90. The van der Waals surface area contributed by atoms with Crippen molar-refractivity contribution in [2.45, 2.75) is 6.18 Å². The standard InChI is InChI=1S/C18H23F3N2O3/c19-18(20,21)16-3-1-2-13(8-16)17(25)23-10-14(15(11-23)12-24)9-22-4-6-26-7-5-22/h1-3,8,14-15,24H,4-7,9-12H2/t14-,15-/m0/s1. The van der Waals surface area contributed by atoms with Gasteiger partial charge in [-0.25, -0.2) is 0 Å². The van der Waals surface area contributed by atoms with E-state index in [4.69, 9.17) is 4.74 Å². The largest absolute Gasteiger partial charge is 0.416 e. The maximum absolute atomic E-state index is 12.9. The molecule has 0 aliphatic carbocycles. The third-order valence-corrected chi connectivity index (χ3v) is 5.13. The molecule has 2 aliphatic heterocycles.